The first-order valence-corrected chi connectivity index (χ1v) is 3.04. The van der Waals surface area contributed by atoms with Crippen LogP contribution in [-0.4, -0.2) is 11.1 Å². The van der Waals surface area contributed by atoms with Gasteiger partial charge in [0.15, 0.2) is 0 Å². The SMILES string of the molecule is CC1=CC(C)C1C(=O)O. The van der Waals surface area contributed by atoms with Crippen molar-refractivity contribution < 1.29 is 9.90 Å². The Morgan fingerprint density at radius 3 is 2.44 bits per heavy atom. The molecule has 0 saturated heterocycles. The lowest BCUT2D eigenvalue weighted by Gasteiger charge is -2.27. The van der Waals surface area contributed by atoms with Crippen molar-refractivity contribution in [2.45, 2.75) is 13.8 Å². The van der Waals surface area contributed by atoms with Gasteiger partial charge in [-0.25, -0.2) is 0 Å². The second-order valence-electron chi connectivity index (χ2n) is 2.59. The maximum atomic E-state index is 10.4. The van der Waals surface area contributed by atoms with Crippen LogP contribution < -0.4 is 0 Å². The molecule has 0 bridgehead atoms. The Morgan fingerprint density at radius 2 is 2.33 bits per heavy atom. The molecule has 0 aliphatic heterocycles. The normalized spacial score (nSPS) is 32.9. The fourth-order valence-electron chi connectivity index (χ4n) is 1.33. The minimum atomic E-state index is -0.692. The van der Waals surface area contributed by atoms with Gasteiger partial charge in [-0.2, -0.15) is 0 Å². The number of carboxylic acid groups (broad SMARTS) is 1. The van der Waals surface area contributed by atoms with E-state index in [0.717, 1.165) is 5.57 Å². The van der Waals surface area contributed by atoms with E-state index in [1.165, 1.54) is 0 Å². The van der Waals surface area contributed by atoms with Crippen LogP contribution in [0.25, 0.3) is 0 Å². The lowest BCUT2D eigenvalue weighted by Crippen LogP contribution is -2.28. The molecule has 50 valence electrons. The summed E-state index contributed by atoms with van der Waals surface area (Å²) in [5.41, 5.74) is 0.995. The van der Waals surface area contributed by atoms with E-state index in [2.05, 4.69) is 0 Å². The zero-order valence-corrected chi connectivity index (χ0v) is 5.59. The Hall–Kier alpha value is -0.790. The predicted octanol–water partition coefficient (Wildman–Crippen LogP) is 1.28. The van der Waals surface area contributed by atoms with Gasteiger partial charge in [0.1, 0.15) is 0 Å². The molecule has 2 nitrogen and oxygen atoms in total. The summed E-state index contributed by atoms with van der Waals surface area (Å²) in [4.78, 5) is 10.4. The molecule has 0 saturated carbocycles. The van der Waals surface area contributed by atoms with E-state index < -0.39 is 5.97 Å². The van der Waals surface area contributed by atoms with Gasteiger partial charge in [0.05, 0.1) is 5.92 Å². The molecule has 1 N–H and O–H groups in total. The Labute approximate surface area is 54.2 Å². The lowest BCUT2D eigenvalue weighted by molar-refractivity contribution is -0.142. The van der Waals surface area contributed by atoms with Crippen LogP contribution in [0.15, 0.2) is 11.6 Å². The average Bonchev–Trinajstić information content (AvgIpc) is 1.62. The fourth-order valence-corrected chi connectivity index (χ4v) is 1.33. The molecule has 1 aliphatic rings. The number of allylic oxidation sites excluding steroid dienone is 1. The third-order valence-electron chi connectivity index (χ3n) is 1.81. The molecule has 2 heteroatoms. The molecular weight excluding hydrogens is 116 g/mol. The van der Waals surface area contributed by atoms with Crippen molar-refractivity contribution in [3.63, 3.8) is 0 Å². The van der Waals surface area contributed by atoms with E-state index in [4.69, 9.17) is 5.11 Å². The highest BCUT2D eigenvalue weighted by atomic mass is 16.4. The highest BCUT2D eigenvalue weighted by molar-refractivity contribution is 5.76. The van der Waals surface area contributed by atoms with Crippen LogP contribution in [0.4, 0.5) is 0 Å². The molecule has 0 fully saturated rings. The van der Waals surface area contributed by atoms with Gasteiger partial charge in [0.25, 0.3) is 0 Å². The first-order chi connectivity index (χ1) is 4.13. The van der Waals surface area contributed by atoms with E-state index in [-0.39, 0.29) is 11.8 Å². The van der Waals surface area contributed by atoms with Crippen LogP contribution in [0.1, 0.15) is 13.8 Å². The van der Waals surface area contributed by atoms with Crippen LogP contribution in [-0.2, 0) is 4.79 Å². The van der Waals surface area contributed by atoms with Crippen LogP contribution in [0, 0.1) is 11.8 Å². The molecule has 0 aromatic rings. The summed E-state index contributed by atoms with van der Waals surface area (Å²) in [5.74, 6) is -0.657. The summed E-state index contributed by atoms with van der Waals surface area (Å²) in [6.07, 6.45) is 1.98. The molecule has 2 atom stereocenters. The first kappa shape index (κ1) is 6.33. The summed E-state index contributed by atoms with van der Waals surface area (Å²) >= 11 is 0. The molecule has 0 amide bonds. The number of rotatable bonds is 1. The number of hydrogen-bond acceptors (Lipinski definition) is 1. The molecule has 9 heavy (non-hydrogen) atoms. The zero-order chi connectivity index (χ0) is 7.02. The zero-order valence-electron chi connectivity index (χ0n) is 5.59. The van der Waals surface area contributed by atoms with Crippen molar-refractivity contribution in [3.8, 4) is 0 Å². The van der Waals surface area contributed by atoms with Crippen LogP contribution in [0.5, 0.6) is 0 Å². The molecule has 0 heterocycles. The van der Waals surface area contributed by atoms with Gasteiger partial charge in [0, 0.05) is 0 Å². The quantitative estimate of drug-likeness (QED) is 0.537. The maximum Gasteiger partial charge on any atom is 0.311 e. The van der Waals surface area contributed by atoms with E-state index >= 15 is 0 Å². The van der Waals surface area contributed by atoms with E-state index in [9.17, 15) is 4.79 Å². The summed E-state index contributed by atoms with van der Waals surface area (Å²) in [5, 5.41) is 8.53. The Bertz CT molecular complexity index is 170. The molecule has 0 radical (unpaired) electrons. The first-order valence-electron chi connectivity index (χ1n) is 3.04. The minimum Gasteiger partial charge on any atom is -0.481 e. The third kappa shape index (κ3) is 0.846. The molecule has 1 aliphatic carbocycles. The highest BCUT2D eigenvalue weighted by Crippen LogP contribution is 2.32. The Kier molecular flexibility index (Phi) is 1.31. The molecule has 0 aromatic carbocycles. The molecule has 0 spiro atoms. The smallest absolute Gasteiger partial charge is 0.311 e. The van der Waals surface area contributed by atoms with Crippen molar-refractivity contribution in [1.29, 1.82) is 0 Å². The van der Waals surface area contributed by atoms with Crippen molar-refractivity contribution in [2.24, 2.45) is 11.8 Å². The van der Waals surface area contributed by atoms with Crippen molar-refractivity contribution in [3.05, 3.63) is 11.6 Å². The largest absolute Gasteiger partial charge is 0.481 e. The third-order valence-corrected chi connectivity index (χ3v) is 1.81. The van der Waals surface area contributed by atoms with Crippen LogP contribution >= 0.6 is 0 Å². The van der Waals surface area contributed by atoms with Gasteiger partial charge in [-0.15, -0.1) is 0 Å². The Balaban J connectivity index is 2.66. The summed E-state index contributed by atoms with van der Waals surface area (Å²) in [7, 11) is 0. The number of carbonyl (C=O) groups is 1. The minimum absolute atomic E-state index is 0.204. The van der Waals surface area contributed by atoms with Gasteiger partial charge in [-0.1, -0.05) is 18.6 Å². The number of hydrogen-bond donors (Lipinski definition) is 1. The van der Waals surface area contributed by atoms with Gasteiger partial charge in [0.2, 0.25) is 0 Å². The summed E-state index contributed by atoms with van der Waals surface area (Å²) in [6, 6.07) is 0. The molecular formula is C7H10O2. The summed E-state index contributed by atoms with van der Waals surface area (Å²) < 4.78 is 0. The molecule has 1 rings (SSSR count). The van der Waals surface area contributed by atoms with E-state index in [1.807, 2.05) is 19.9 Å². The van der Waals surface area contributed by atoms with Crippen LogP contribution in [0.3, 0.4) is 0 Å². The summed E-state index contributed by atoms with van der Waals surface area (Å²) in [6.45, 7) is 3.78. The number of carboxylic acids is 1. The predicted molar refractivity (Wildman–Crippen MR) is 34.0 cm³/mol. The monoisotopic (exact) mass is 126 g/mol. The number of aliphatic carboxylic acids is 1. The van der Waals surface area contributed by atoms with Crippen molar-refractivity contribution in [2.75, 3.05) is 0 Å². The molecule has 0 aromatic heterocycles. The van der Waals surface area contributed by atoms with E-state index in [0.29, 0.717) is 0 Å². The van der Waals surface area contributed by atoms with Crippen LogP contribution in [0.2, 0.25) is 0 Å². The van der Waals surface area contributed by atoms with Gasteiger partial charge in [-0.05, 0) is 12.8 Å². The fraction of sp³-hybridized carbons (Fsp3) is 0.571. The Morgan fingerprint density at radius 1 is 1.78 bits per heavy atom. The van der Waals surface area contributed by atoms with Crippen molar-refractivity contribution in [1.82, 2.24) is 0 Å². The maximum absolute atomic E-state index is 10.4. The topological polar surface area (TPSA) is 37.3 Å². The second kappa shape index (κ2) is 1.87. The second-order valence-corrected chi connectivity index (χ2v) is 2.59. The van der Waals surface area contributed by atoms with Gasteiger partial charge in [-0.3, -0.25) is 4.79 Å². The molecule has 2 unspecified atom stereocenters. The lowest BCUT2D eigenvalue weighted by atomic mass is 9.77. The van der Waals surface area contributed by atoms with Crippen molar-refractivity contribution >= 4 is 5.97 Å². The van der Waals surface area contributed by atoms with E-state index in [1.54, 1.807) is 0 Å². The standard InChI is InChI=1S/C7H10O2/c1-4-3-5(2)6(4)7(8)9/h3-4,6H,1-2H3,(H,8,9). The van der Waals surface area contributed by atoms with Gasteiger partial charge < -0.3 is 5.11 Å². The van der Waals surface area contributed by atoms with Gasteiger partial charge >= 0.3 is 5.97 Å². The average molecular weight is 126 g/mol. The highest BCUT2D eigenvalue weighted by Gasteiger charge is 2.31.